The van der Waals surface area contributed by atoms with E-state index in [4.69, 9.17) is 4.74 Å². The van der Waals surface area contributed by atoms with Crippen molar-refractivity contribution in [3.8, 4) is 11.6 Å². The summed E-state index contributed by atoms with van der Waals surface area (Å²) in [6.07, 6.45) is -3.03. The topological polar surface area (TPSA) is 68.7 Å². The number of hydrogen-bond acceptors (Lipinski definition) is 5. The fourth-order valence-electron chi connectivity index (χ4n) is 2.67. The van der Waals surface area contributed by atoms with Crippen molar-refractivity contribution >= 4 is 10.0 Å². The van der Waals surface area contributed by atoms with Crippen molar-refractivity contribution in [1.82, 2.24) is 9.29 Å². The van der Waals surface area contributed by atoms with Gasteiger partial charge in [-0.05, 0) is 43.2 Å². The Kier molecular flexibility index (Phi) is 5.29. The van der Waals surface area contributed by atoms with Crippen molar-refractivity contribution in [2.45, 2.75) is 30.7 Å². The second kappa shape index (κ2) is 7.35. The Morgan fingerprint density at radius 3 is 2.44 bits per heavy atom. The fourth-order valence-corrected chi connectivity index (χ4v) is 4.16. The van der Waals surface area contributed by atoms with E-state index < -0.39 is 22.1 Å². The first-order chi connectivity index (χ1) is 12.6. The zero-order chi connectivity index (χ0) is 19.7. The molecule has 1 unspecified atom stereocenters. The summed E-state index contributed by atoms with van der Waals surface area (Å²) in [6, 6.07) is 7.68. The van der Waals surface area contributed by atoms with E-state index in [2.05, 4.69) is 9.72 Å². The Hall–Kier alpha value is -2.33. The lowest BCUT2D eigenvalue weighted by molar-refractivity contribution is -0.274. The molecular formula is C17H17F3N2O4S. The van der Waals surface area contributed by atoms with E-state index >= 15 is 0 Å². The maximum Gasteiger partial charge on any atom is 0.573 e. The summed E-state index contributed by atoms with van der Waals surface area (Å²) in [5, 5.41) is 0. The van der Waals surface area contributed by atoms with Crippen LogP contribution in [0, 0.1) is 6.92 Å². The molecule has 1 aromatic carbocycles. The highest BCUT2D eigenvalue weighted by Gasteiger charge is 2.34. The van der Waals surface area contributed by atoms with Crippen molar-refractivity contribution in [2.24, 2.45) is 0 Å². The SMILES string of the molecule is Cc1ccc(OC2CCN(S(=O)(=O)c3ccc(OC(F)(F)F)cc3)C2)nc1. The number of nitrogens with zero attached hydrogens (tertiary/aromatic N) is 2. The van der Waals surface area contributed by atoms with E-state index in [1.165, 1.54) is 4.31 Å². The highest BCUT2D eigenvalue weighted by molar-refractivity contribution is 7.89. The highest BCUT2D eigenvalue weighted by atomic mass is 32.2. The Bertz CT molecular complexity index is 884. The predicted molar refractivity (Wildman–Crippen MR) is 89.9 cm³/mol. The van der Waals surface area contributed by atoms with Gasteiger partial charge in [0, 0.05) is 18.8 Å². The minimum Gasteiger partial charge on any atom is -0.473 e. The molecule has 2 aromatic rings. The molecule has 1 atom stereocenters. The molecule has 1 fully saturated rings. The summed E-state index contributed by atoms with van der Waals surface area (Å²) in [4.78, 5) is 4.02. The van der Waals surface area contributed by atoms with E-state index in [-0.39, 0.29) is 24.1 Å². The van der Waals surface area contributed by atoms with Gasteiger partial charge in [-0.2, -0.15) is 4.31 Å². The van der Waals surface area contributed by atoms with Gasteiger partial charge < -0.3 is 9.47 Å². The van der Waals surface area contributed by atoms with Crippen LogP contribution < -0.4 is 9.47 Å². The second-order valence-corrected chi connectivity index (χ2v) is 8.02. The number of aryl methyl sites for hydroxylation is 1. The van der Waals surface area contributed by atoms with Crippen LogP contribution in [0.15, 0.2) is 47.5 Å². The number of ether oxygens (including phenoxy) is 2. The molecule has 0 bridgehead atoms. The van der Waals surface area contributed by atoms with E-state index in [1.54, 1.807) is 12.3 Å². The maximum absolute atomic E-state index is 12.7. The van der Waals surface area contributed by atoms with Gasteiger partial charge in [0.25, 0.3) is 0 Å². The molecule has 0 amide bonds. The number of alkyl halides is 3. The van der Waals surface area contributed by atoms with Gasteiger partial charge in [-0.15, -0.1) is 13.2 Å². The predicted octanol–water partition coefficient (Wildman–Crippen LogP) is 3.13. The normalized spacial score (nSPS) is 18.4. The van der Waals surface area contributed by atoms with E-state index in [0.717, 1.165) is 29.8 Å². The quantitative estimate of drug-likeness (QED) is 0.769. The van der Waals surface area contributed by atoms with Crippen LogP contribution in [0.3, 0.4) is 0 Å². The van der Waals surface area contributed by atoms with Gasteiger partial charge in [-0.3, -0.25) is 0 Å². The number of benzene rings is 1. The summed E-state index contributed by atoms with van der Waals surface area (Å²) in [6.45, 7) is 2.28. The van der Waals surface area contributed by atoms with Crippen molar-refractivity contribution in [2.75, 3.05) is 13.1 Å². The lowest BCUT2D eigenvalue weighted by Crippen LogP contribution is -2.31. The first-order valence-corrected chi connectivity index (χ1v) is 9.53. The van der Waals surface area contributed by atoms with Gasteiger partial charge in [-0.1, -0.05) is 6.07 Å². The Morgan fingerprint density at radius 2 is 1.85 bits per heavy atom. The van der Waals surface area contributed by atoms with Gasteiger partial charge in [0.05, 0.1) is 11.4 Å². The fraction of sp³-hybridized carbons (Fsp3) is 0.353. The highest BCUT2D eigenvalue weighted by Crippen LogP contribution is 2.27. The molecule has 1 aliphatic heterocycles. The Labute approximate surface area is 154 Å². The van der Waals surface area contributed by atoms with Crippen LogP contribution >= 0.6 is 0 Å². The molecule has 146 valence electrons. The standard InChI is InChI=1S/C17H17F3N2O4S/c1-12-2-7-16(21-10-12)25-14-8-9-22(11-14)27(23,24)15-5-3-13(4-6-15)26-17(18,19)20/h2-7,10,14H,8-9,11H2,1H3. The number of pyridine rings is 1. The molecule has 0 N–H and O–H groups in total. The molecule has 3 rings (SSSR count). The molecule has 0 saturated carbocycles. The number of sulfonamides is 1. The van der Waals surface area contributed by atoms with Crippen molar-refractivity contribution < 1.29 is 31.1 Å². The van der Waals surface area contributed by atoms with E-state index in [1.807, 2.05) is 13.0 Å². The van der Waals surface area contributed by atoms with Crippen LogP contribution in [0.5, 0.6) is 11.6 Å². The number of halogens is 3. The molecule has 0 radical (unpaired) electrons. The lowest BCUT2D eigenvalue weighted by Gasteiger charge is -2.17. The average molecular weight is 402 g/mol. The third kappa shape index (κ3) is 4.89. The third-order valence-corrected chi connectivity index (χ3v) is 5.85. The average Bonchev–Trinajstić information content (AvgIpc) is 3.05. The molecule has 27 heavy (non-hydrogen) atoms. The summed E-state index contributed by atoms with van der Waals surface area (Å²) < 4.78 is 72.6. The zero-order valence-corrected chi connectivity index (χ0v) is 15.1. The van der Waals surface area contributed by atoms with Crippen molar-refractivity contribution in [3.05, 3.63) is 48.2 Å². The van der Waals surface area contributed by atoms with Crippen molar-refractivity contribution in [1.29, 1.82) is 0 Å². The van der Waals surface area contributed by atoms with Gasteiger partial charge in [0.15, 0.2) is 0 Å². The van der Waals surface area contributed by atoms with Crippen LogP contribution in [0.2, 0.25) is 0 Å². The molecule has 1 saturated heterocycles. The van der Waals surface area contributed by atoms with Gasteiger partial charge in [0.1, 0.15) is 11.9 Å². The summed E-state index contributed by atoms with van der Waals surface area (Å²) in [5.74, 6) is -0.0620. The van der Waals surface area contributed by atoms with Crippen LogP contribution in [0.25, 0.3) is 0 Å². The van der Waals surface area contributed by atoms with E-state index in [9.17, 15) is 21.6 Å². The van der Waals surface area contributed by atoms with Gasteiger partial charge in [-0.25, -0.2) is 13.4 Å². The van der Waals surface area contributed by atoms with E-state index in [0.29, 0.717) is 12.3 Å². The minimum atomic E-state index is -4.83. The lowest BCUT2D eigenvalue weighted by atomic mass is 10.3. The molecule has 10 heteroatoms. The number of aromatic nitrogens is 1. The first-order valence-electron chi connectivity index (χ1n) is 8.09. The van der Waals surface area contributed by atoms with Crippen LogP contribution in [0.1, 0.15) is 12.0 Å². The smallest absolute Gasteiger partial charge is 0.473 e. The molecule has 0 spiro atoms. The van der Waals surface area contributed by atoms with Crippen molar-refractivity contribution in [3.63, 3.8) is 0 Å². The van der Waals surface area contributed by atoms with Crippen LogP contribution in [0.4, 0.5) is 13.2 Å². The molecule has 6 nitrogen and oxygen atoms in total. The first kappa shape index (κ1) is 19.4. The minimum absolute atomic E-state index is 0.105. The number of rotatable bonds is 5. The summed E-state index contributed by atoms with van der Waals surface area (Å²) in [5.41, 5.74) is 0.982. The summed E-state index contributed by atoms with van der Waals surface area (Å²) in [7, 11) is -3.83. The number of hydrogen-bond donors (Lipinski definition) is 0. The maximum atomic E-state index is 12.7. The summed E-state index contributed by atoms with van der Waals surface area (Å²) >= 11 is 0. The van der Waals surface area contributed by atoms with Gasteiger partial charge in [0.2, 0.25) is 15.9 Å². The molecular weight excluding hydrogens is 385 g/mol. The molecule has 0 aliphatic carbocycles. The third-order valence-electron chi connectivity index (χ3n) is 3.97. The Balaban J connectivity index is 1.66. The van der Waals surface area contributed by atoms with Gasteiger partial charge >= 0.3 is 6.36 Å². The largest absolute Gasteiger partial charge is 0.573 e. The van der Waals surface area contributed by atoms with Crippen LogP contribution in [-0.2, 0) is 10.0 Å². The monoisotopic (exact) mass is 402 g/mol. The van der Waals surface area contributed by atoms with Crippen LogP contribution in [-0.4, -0.2) is 43.3 Å². The Morgan fingerprint density at radius 1 is 1.15 bits per heavy atom. The zero-order valence-electron chi connectivity index (χ0n) is 14.3. The molecule has 2 heterocycles. The molecule has 1 aromatic heterocycles. The molecule has 1 aliphatic rings. The second-order valence-electron chi connectivity index (χ2n) is 6.08.